The van der Waals surface area contributed by atoms with Crippen LogP contribution in [0.3, 0.4) is 0 Å². The van der Waals surface area contributed by atoms with Gasteiger partial charge in [0.1, 0.15) is 16.7 Å². The first-order chi connectivity index (χ1) is 13.0. The maximum Gasteiger partial charge on any atom is 0.335 e. The molecule has 0 spiro atoms. The first-order valence-electron chi connectivity index (χ1n) is 8.85. The molecule has 2 fully saturated rings. The summed E-state index contributed by atoms with van der Waals surface area (Å²) in [6.45, 7) is 1.49. The second kappa shape index (κ2) is 6.85. The Labute approximate surface area is 161 Å². The molecule has 6 heteroatoms. The molecule has 5 nitrogen and oxygen atoms in total. The van der Waals surface area contributed by atoms with Crippen molar-refractivity contribution in [3.63, 3.8) is 0 Å². The lowest BCUT2D eigenvalue weighted by Crippen LogP contribution is -2.47. The number of hydrogen-bond acceptors (Lipinski definition) is 5. The molecule has 0 N–H and O–H groups in total. The van der Waals surface area contributed by atoms with Crippen molar-refractivity contribution in [3.05, 3.63) is 65.7 Å². The molecule has 2 aromatic rings. The fourth-order valence-corrected chi connectivity index (χ4v) is 5.39. The predicted molar refractivity (Wildman–Crippen MR) is 103 cm³/mol. The van der Waals surface area contributed by atoms with Crippen LogP contribution in [0.1, 0.15) is 35.7 Å². The van der Waals surface area contributed by atoms with Gasteiger partial charge in [0.25, 0.3) is 0 Å². The van der Waals surface area contributed by atoms with Crippen molar-refractivity contribution in [1.82, 2.24) is 4.90 Å². The molecule has 0 radical (unpaired) electrons. The number of thioether (sulfide) groups is 1. The van der Waals surface area contributed by atoms with Crippen LogP contribution in [0.15, 0.2) is 54.6 Å². The van der Waals surface area contributed by atoms with Crippen LogP contribution >= 0.6 is 11.8 Å². The lowest BCUT2D eigenvalue weighted by molar-refractivity contribution is -0.146. The highest BCUT2D eigenvalue weighted by Gasteiger charge is 2.57. The first kappa shape index (κ1) is 17.8. The molecule has 138 valence electrons. The number of amides is 1. The number of benzene rings is 2. The number of hydrogen-bond donors (Lipinski definition) is 0. The smallest absolute Gasteiger partial charge is 0.335 e. The molecule has 0 aliphatic carbocycles. The van der Waals surface area contributed by atoms with Crippen molar-refractivity contribution in [1.29, 1.82) is 0 Å². The summed E-state index contributed by atoms with van der Waals surface area (Å²) in [7, 11) is 0. The van der Waals surface area contributed by atoms with Crippen molar-refractivity contribution >= 4 is 29.4 Å². The molecule has 0 aromatic heterocycles. The molecule has 2 aliphatic rings. The zero-order chi connectivity index (χ0) is 19.0. The summed E-state index contributed by atoms with van der Waals surface area (Å²) in [5, 5.41) is 0. The van der Waals surface area contributed by atoms with Gasteiger partial charge in [0.15, 0.2) is 5.78 Å². The van der Waals surface area contributed by atoms with Crippen LogP contribution in [0.4, 0.5) is 0 Å². The number of rotatable bonds is 4. The Kier molecular flexibility index (Phi) is 4.52. The summed E-state index contributed by atoms with van der Waals surface area (Å²) in [6, 6.07) is 15.7. The van der Waals surface area contributed by atoms with E-state index in [2.05, 4.69) is 0 Å². The van der Waals surface area contributed by atoms with Crippen LogP contribution in [0, 0.1) is 0 Å². The van der Waals surface area contributed by atoms with E-state index >= 15 is 0 Å². The van der Waals surface area contributed by atoms with Crippen LogP contribution in [-0.2, 0) is 14.5 Å². The highest BCUT2D eigenvalue weighted by Crippen LogP contribution is 2.54. The van der Waals surface area contributed by atoms with Gasteiger partial charge in [-0.15, -0.1) is 11.8 Å². The molecule has 0 unspecified atom stereocenters. The third kappa shape index (κ3) is 3.04. The minimum absolute atomic E-state index is 0.0160. The van der Waals surface area contributed by atoms with Gasteiger partial charge >= 0.3 is 5.97 Å². The van der Waals surface area contributed by atoms with E-state index in [1.807, 2.05) is 30.3 Å². The van der Waals surface area contributed by atoms with Gasteiger partial charge < -0.3 is 9.64 Å². The third-order valence-corrected chi connectivity index (χ3v) is 6.70. The minimum Gasteiger partial charge on any atom is -0.425 e. The molecule has 2 saturated heterocycles. The van der Waals surface area contributed by atoms with Crippen molar-refractivity contribution in [3.8, 4) is 5.75 Å². The number of carbonyl (C=O) groups is 3. The van der Waals surface area contributed by atoms with Crippen molar-refractivity contribution in [2.75, 3.05) is 5.75 Å². The highest BCUT2D eigenvalue weighted by molar-refractivity contribution is 8.00. The Morgan fingerprint density at radius 2 is 1.81 bits per heavy atom. The SMILES string of the molecule is CC(=O)c1ccc(OC(=O)[C@H]2CS[C@@]3(c4ccccc4)CCC(=O)N23)cc1. The summed E-state index contributed by atoms with van der Waals surface area (Å²) in [6.07, 6.45) is 1.12. The maximum atomic E-state index is 12.8. The zero-order valence-electron chi connectivity index (χ0n) is 14.9. The molecule has 2 aliphatic heterocycles. The highest BCUT2D eigenvalue weighted by atomic mass is 32.2. The Hall–Kier alpha value is -2.60. The monoisotopic (exact) mass is 381 g/mol. The van der Waals surface area contributed by atoms with E-state index in [1.54, 1.807) is 40.9 Å². The molecule has 2 atom stereocenters. The second-order valence-electron chi connectivity index (χ2n) is 6.74. The lowest BCUT2D eigenvalue weighted by Gasteiger charge is -2.33. The summed E-state index contributed by atoms with van der Waals surface area (Å²) < 4.78 is 5.51. The van der Waals surface area contributed by atoms with Crippen molar-refractivity contribution in [2.24, 2.45) is 0 Å². The Morgan fingerprint density at radius 3 is 2.48 bits per heavy atom. The van der Waals surface area contributed by atoms with E-state index in [0.717, 1.165) is 5.56 Å². The molecule has 27 heavy (non-hydrogen) atoms. The quantitative estimate of drug-likeness (QED) is 0.461. The number of ether oxygens (including phenoxy) is 1. The van der Waals surface area contributed by atoms with Gasteiger partial charge in [-0.25, -0.2) is 4.79 Å². The fourth-order valence-electron chi connectivity index (χ4n) is 3.76. The van der Waals surface area contributed by atoms with E-state index < -0.39 is 16.9 Å². The van der Waals surface area contributed by atoms with Gasteiger partial charge in [-0.2, -0.15) is 0 Å². The molecule has 2 heterocycles. The average Bonchev–Trinajstić information content (AvgIpc) is 3.22. The maximum absolute atomic E-state index is 12.8. The Balaban J connectivity index is 1.56. The van der Waals surface area contributed by atoms with Crippen LogP contribution in [0.5, 0.6) is 5.75 Å². The first-order valence-corrected chi connectivity index (χ1v) is 9.84. The summed E-state index contributed by atoms with van der Waals surface area (Å²) in [4.78, 5) is 38.0. The van der Waals surface area contributed by atoms with Crippen molar-refractivity contribution < 1.29 is 19.1 Å². The van der Waals surface area contributed by atoms with Gasteiger partial charge in [0, 0.05) is 17.7 Å². The van der Waals surface area contributed by atoms with Gasteiger partial charge in [-0.05, 0) is 43.2 Å². The van der Waals surface area contributed by atoms with E-state index in [0.29, 0.717) is 29.9 Å². The predicted octanol–water partition coefficient (Wildman–Crippen LogP) is 3.39. The minimum atomic E-state index is -0.613. The topological polar surface area (TPSA) is 63.7 Å². The Bertz CT molecular complexity index is 896. The Morgan fingerprint density at radius 1 is 1.11 bits per heavy atom. The zero-order valence-corrected chi connectivity index (χ0v) is 15.7. The summed E-state index contributed by atoms with van der Waals surface area (Å²) in [5.41, 5.74) is 1.60. The molecular weight excluding hydrogens is 362 g/mol. The molecule has 4 rings (SSSR count). The fraction of sp³-hybridized carbons (Fsp3) is 0.286. The lowest BCUT2D eigenvalue weighted by atomic mass is 10.0. The normalized spacial score (nSPS) is 24.0. The van der Waals surface area contributed by atoms with Gasteiger partial charge in [-0.1, -0.05) is 30.3 Å². The van der Waals surface area contributed by atoms with Crippen LogP contribution < -0.4 is 4.74 Å². The van der Waals surface area contributed by atoms with E-state index in [1.165, 1.54) is 6.92 Å². The number of carbonyl (C=O) groups excluding carboxylic acids is 3. The van der Waals surface area contributed by atoms with Crippen molar-refractivity contribution in [2.45, 2.75) is 30.7 Å². The molecule has 1 amide bonds. The van der Waals surface area contributed by atoms with E-state index in [-0.39, 0.29) is 11.7 Å². The van der Waals surface area contributed by atoms with Gasteiger partial charge in [-0.3, -0.25) is 9.59 Å². The summed E-state index contributed by atoms with van der Waals surface area (Å²) in [5.74, 6) is 0.378. The largest absolute Gasteiger partial charge is 0.425 e. The van der Waals surface area contributed by atoms with Crippen LogP contribution in [0.25, 0.3) is 0 Å². The number of ketones is 1. The second-order valence-corrected chi connectivity index (χ2v) is 8.04. The number of Topliss-reactive ketones (excluding diaryl/α,β-unsaturated/α-hetero) is 1. The van der Waals surface area contributed by atoms with Gasteiger partial charge in [0.05, 0.1) is 0 Å². The molecular formula is C21H19NO4S. The number of fused-ring (bicyclic) bond motifs is 1. The number of esters is 1. The molecule has 0 saturated carbocycles. The number of nitrogens with zero attached hydrogens (tertiary/aromatic N) is 1. The van der Waals surface area contributed by atoms with E-state index in [4.69, 9.17) is 4.74 Å². The molecule has 0 bridgehead atoms. The van der Waals surface area contributed by atoms with Crippen LogP contribution in [-0.4, -0.2) is 34.4 Å². The average molecular weight is 381 g/mol. The van der Waals surface area contributed by atoms with Crippen LogP contribution in [0.2, 0.25) is 0 Å². The summed E-state index contributed by atoms with van der Waals surface area (Å²) >= 11 is 1.63. The van der Waals surface area contributed by atoms with Gasteiger partial charge in [0.2, 0.25) is 5.91 Å². The third-order valence-electron chi connectivity index (χ3n) is 5.10. The molecule has 2 aromatic carbocycles. The standard InChI is InChI=1S/C21H19NO4S/c1-14(23)15-7-9-17(10-8-15)26-20(25)18-13-27-21(12-11-19(24)22(18)21)16-5-3-2-4-6-16/h2-10,18H,11-13H2,1H3/t18-,21-/m1/s1. The van der Waals surface area contributed by atoms with E-state index in [9.17, 15) is 14.4 Å².